The molecule has 2 atom stereocenters. The van der Waals surface area contributed by atoms with Gasteiger partial charge in [0.1, 0.15) is 5.75 Å². The first-order valence-corrected chi connectivity index (χ1v) is 11.4. The molecule has 4 aromatic rings. The Hall–Kier alpha value is -4.13. The van der Waals surface area contributed by atoms with Crippen LogP contribution in [-0.4, -0.2) is 27.8 Å². The Morgan fingerprint density at radius 3 is 2.47 bits per heavy atom. The summed E-state index contributed by atoms with van der Waals surface area (Å²) >= 11 is 0. The summed E-state index contributed by atoms with van der Waals surface area (Å²) in [6.45, 7) is 2.08. The molecule has 0 aliphatic carbocycles. The Bertz CT molecular complexity index is 1270. The van der Waals surface area contributed by atoms with E-state index in [0.29, 0.717) is 11.9 Å². The van der Waals surface area contributed by atoms with E-state index in [2.05, 4.69) is 64.0 Å². The quantitative estimate of drug-likeness (QED) is 0.433. The molecular formula is C27H27N5O2. The standard InChI is InChI=1S/C27H27N5O2/c1-18-8-12-21(13-9-18)24-17-23(20-6-4-3-5-7-20)28-27-30-26(31-32(24)27)29-25(33)16-19-10-14-22(34-2)15-11-19/h3-15,23-24H,16-17H2,1-2H3,(H2,28,29,30,31,33)/t23-,24-/m1/s1. The van der Waals surface area contributed by atoms with Gasteiger partial charge in [0, 0.05) is 0 Å². The van der Waals surface area contributed by atoms with Crippen molar-refractivity contribution in [2.45, 2.75) is 31.8 Å². The van der Waals surface area contributed by atoms with Crippen LogP contribution < -0.4 is 15.4 Å². The number of carbonyl (C=O) groups excluding carboxylic acids is 1. The van der Waals surface area contributed by atoms with Gasteiger partial charge in [0.2, 0.25) is 11.9 Å². The molecule has 0 unspecified atom stereocenters. The molecule has 1 aromatic heterocycles. The van der Waals surface area contributed by atoms with Crippen LogP contribution in [-0.2, 0) is 11.2 Å². The SMILES string of the molecule is COc1ccc(CC(=O)Nc2nc3n(n2)[C@@H](c2ccc(C)cc2)C[C@H](c2ccccc2)N3)cc1. The fourth-order valence-electron chi connectivity index (χ4n) is 4.30. The van der Waals surface area contributed by atoms with E-state index in [1.807, 2.05) is 47.1 Å². The van der Waals surface area contributed by atoms with Crippen molar-refractivity contribution in [1.82, 2.24) is 14.8 Å². The number of benzene rings is 3. The molecule has 172 valence electrons. The van der Waals surface area contributed by atoms with Gasteiger partial charge in [-0.2, -0.15) is 4.98 Å². The van der Waals surface area contributed by atoms with Gasteiger partial charge in [0.05, 0.1) is 25.6 Å². The molecule has 1 amide bonds. The lowest BCUT2D eigenvalue weighted by molar-refractivity contribution is -0.115. The molecule has 2 heterocycles. The number of hydrogen-bond acceptors (Lipinski definition) is 5. The normalized spacial score (nSPS) is 16.9. The molecule has 0 bridgehead atoms. The molecule has 7 nitrogen and oxygen atoms in total. The first-order chi connectivity index (χ1) is 16.6. The van der Waals surface area contributed by atoms with Crippen molar-refractivity contribution in [2.75, 3.05) is 17.7 Å². The van der Waals surface area contributed by atoms with Gasteiger partial charge in [-0.15, -0.1) is 5.10 Å². The lowest BCUT2D eigenvalue weighted by Crippen LogP contribution is -2.28. The van der Waals surface area contributed by atoms with Crippen LogP contribution in [0.25, 0.3) is 0 Å². The number of rotatable bonds is 6. The minimum Gasteiger partial charge on any atom is -0.497 e. The van der Waals surface area contributed by atoms with Gasteiger partial charge in [-0.1, -0.05) is 72.3 Å². The van der Waals surface area contributed by atoms with E-state index < -0.39 is 0 Å². The third kappa shape index (κ3) is 4.64. The fourth-order valence-corrected chi connectivity index (χ4v) is 4.30. The van der Waals surface area contributed by atoms with Crippen molar-refractivity contribution in [3.05, 3.63) is 101 Å². The van der Waals surface area contributed by atoms with Crippen molar-refractivity contribution < 1.29 is 9.53 Å². The van der Waals surface area contributed by atoms with Crippen molar-refractivity contribution in [1.29, 1.82) is 0 Å². The molecule has 5 rings (SSSR count). The van der Waals surface area contributed by atoms with Crippen molar-refractivity contribution in [3.63, 3.8) is 0 Å². The van der Waals surface area contributed by atoms with E-state index in [9.17, 15) is 4.79 Å². The Balaban J connectivity index is 1.39. The van der Waals surface area contributed by atoms with Gasteiger partial charge in [-0.05, 0) is 42.2 Å². The third-order valence-corrected chi connectivity index (χ3v) is 6.13. The highest BCUT2D eigenvalue weighted by molar-refractivity contribution is 5.90. The van der Waals surface area contributed by atoms with Crippen LogP contribution in [0.4, 0.5) is 11.9 Å². The Morgan fingerprint density at radius 1 is 1.03 bits per heavy atom. The van der Waals surface area contributed by atoms with Gasteiger partial charge in [0.15, 0.2) is 0 Å². The second-order valence-corrected chi connectivity index (χ2v) is 8.55. The zero-order valence-corrected chi connectivity index (χ0v) is 19.2. The number of anilines is 2. The number of fused-ring (bicyclic) bond motifs is 1. The number of aromatic nitrogens is 3. The highest BCUT2D eigenvalue weighted by Crippen LogP contribution is 2.38. The number of hydrogen-bond donors (Lipinski definition) is 2. The minimum absolute atomic E-state index is 0.00166. The topological polar surface area (TPSA) is 81.1 Å². The molecule has 0 saturated carbocycles. The smallest absolute Gasteiger partial charge is 0.250 e. The van der Waals surface area contributed by atoms with E-state index in [1.54, 1.807) is 7.11 Å². The molecule has 1 aliphatic heterocycles. The molecule has 0 radical (unpaired) electrons. The molecule has 0 fully saturated rings. The summed E-state index contributed by atoms with van der Waals surface area (Å²) in [5.41, 5.74) is 4.46. The maximum Gasteiger partial charge on any atom is 0.250 e. The van der Waals surface area contributed by atoms with Crippen molar-refractivity contribution in [3.8, 4) is 5.75 Å². The molecule has 7 heteroatoms. The highest BCUT2D eigenvalue weighted by atomic mass is 16.5. The Kier molecular flexibility index (Phi) is 5.99. The number of nitrogens with zero attached hydrogens (tertiary/aromatic N) is 3. The first-order valence-electron chi connectivity index (χ1n) is 11.4. The van der Waals surface area contributed by atoms with Crippen LogP contribution in [0.1, 0.15) is 40.8 Å². The number of methoxy groups -OCH3 is 1. The van der Waals surface area contributed by atoms with Crippen LogP contribution >= 0.6 is 0 Å². The van der Waals surface area contributed by atoms with E-state index >= 15 is 0 Å². The largest absolute Gasteiger partial charge is 0.497 e. The Morgan fingerprint density at radius 2 is 1.76 bits per heavy atom. The molecular weight excluding hydrogens is 426 g/mol. The fraction of sp³-hybridized carbons (Fsp3) is 0.222. The predicted octanol–water partition coefficient (Wildman–Crippen LogP) is 4.92. The maximum atomic E-state index is 12.7. The van der Waals surface area contributed by atoms with Crippen LogP contribution in [0, 0.1) is 6.92 Å². The van der Waals surface area contributed by atoms with Gasteiger partial charge in [-0.25, -0.2) is 4.68 Å². The summed E-state index contributed by atoms with van der Waals surface area (Å²) in [6.07, 6.45) is 1.05. The van der Waals surface area contributed by atoms with Gasteiger partial charge in [0.25, 0.3) is 5.95 Å². The van der Waals surface area contributed by atoms with E-state index in [0.717, 1.165) is 23.3 Å². The third-order valence-electron chi connectivity index (χ3n) is 6.13. The van der Waals surface area contributed by atoms with Crippen LogP contribution in [0.2, 0.25) is 0 Å². The van der Waals surface area contributed by atoms with E-state index in [1.165, 1.54) is 11.1 Å². The summed E-state index contributed by atoms with van der Waals surface area (Å²) < 4.78 is 7.06. The second kappa shape index (κ2) is 9.39. The number of ether oxygens (including phenoxy) is 1. The number of amides is 1. The lowest BCUT2D eigenvalue weighted by Gasteiger charge is -2.31. The average molecular weight is 454 g/mol. The van der Waals surface area contributed by atoms with Gasteiger partial charge < -0.3 is 10.1 Å². The summed E-state index contributed by atoms with van der Waals surface area (Å²) in [7, 11) is 1.62. The molecule has 34 heavy (non-hydrogen) atoms. The zero-order chi connectivity index (χ0) is 23.5. The average Bonchev–Trinajstić information content (AvgIpc) is 3.27. The molecule has 3 aromatic carbocycles. The molecule has 2 N–H and O–H groups in total. The van der Waals surface area contributed by atoms with Crippen molar-refractivity contribution >= 4 is 17.8 Å². The van der Waals surface area contributed by atoms with Crippen LogP contribution in [0.5, 0.6) is 5.75 Å². The van der Waals surface area contributed by atoms with Crippen LogP contribution in [0.3, 0.4) is 0 Å². The first kappa shape index (κ1) is 21.7. The molecule has 1 aliphatic rings. The van der Waals surface area contributed by atoms with E-state index in [4.69, 9.17) is 4.74 Å². The predicted molar refractivity (Wildman–Crippen MR) is 132 cm³/mol. The maximum absolute atomic E-state index is 12.7. The second-order valence-electron chi connectivity index (χ2n) is 8.55. The highest BCUT2D eigenvalue weighted by Gasteiger charge is 2.31. The number of nitrogens with one attached hydrogen (secondary N) is 2. The summed E-state index contributed by atoms with van der Waals surface area (Å²) in [6, 6.07) is 26.4. The zero-order valence-electron chi connectivity index (χ0n) is 19.2. The van der Waals surface area contributed by atoms with Gasteiger partial charge in [-0.3, -0.25) is 10.1 Å². The molecule has 0 spiro atoms. The summed E-state index contributed by atoms with van der Waals surface area (Å²) in [5, 5.41) is 11.0. The minimum atomic E-state index is -0.167. The van der Waals surface area contributed by atoms with Gasteiger partial charge >= 0.3 is 0 Å². The number of aryl methyl sites for hydroxylation is 1. The lowest BCUT2D eigenvalue weighted by atomic mass is 9.93. The van der Waals surface area contributed by atoms with Crippen LogP contribution in [0.15, 0.2) is 78.9 Å². The summed E-state index contributed by atoms with van der Waals surface area (Å²) in [4.78, 5) is 17.3. The monoisotopic (exact) mass is 453 g/mol. The summed E-state index contributed by atoms with van der Waals surface area (Å²) in [5.74, 6) is 1.53. The van der Waals surface area contributed by atoms with E-state index in [-0.39, 0.29) is 24.4 Å². The number of carbonyl (C=O) groups is 1. The van der Waals surface area contributed by atoms with Crippen molar-refractivity contribution in [2.24, 2.45) is 0 Å². The molecule has 0 saturated heterocycles. The Labute approximate surface area is 198 Å².